The van der Waals surface area contributed by atoms with Gasteiger partial charge in [0.25, 0.3) is 5.91 Å². The number of fused-ring (bicyclic) bond motifs is 5. The van der Waals surface area contributed by atoms with Crippen molar-refractivity contribution in [3.8, 4) is 0 Å². The van der Waals surface area contributed by atoms with E-state index < -0.39 is 113 Å². The molecule has 0 aromatic heterocycles. The second-order valence-electron chi connectivity index (χ2n) is 23.0. The third-order valence-corrected chi connectivity index (χ3v) is 17.4. The molecule has 0 spiro atoms. The number of amides is 1. The summed E-state index contributed by atoms with van der Waals surface area (Å²) in [5, 5.41) is 40.2. The zero-order valence-corrected chi connectivity index (χ0v) is 48.2. The molecule has 1 amide bonds. The van der Waals surface area contributed by atoms with E-state index in [0.717, 1.165) is 13.8 Å². The SMILES string of the molecule is CC(=O)O[C@H]1C(=O)[C@@]2(C)[C@H]([C@H](OC(=O)c3ccccc3)[C@]3(O)C[C@H](OC(=O)[C@H](O)[C@@H](NC(=O)c4ccccc4)c4ccccc4)C(C)=C1C3(C)C)[C@]1(OC(C)=O)CO[C@@H]1C[C@@H]2O.CCCC[N+](CCCC)(CCCC)CCCC. The second-order valence-corrected chi connectivity index (χ2v) is 23.0. The lowest BCUT2D eigenvalue weighted by Gasteiger charge is -2.67. The number of carbonyl (C=O) groups excluding carboxylic acids is 6. The lowest BCUT2D eigenvalue weighted by Crippen LogP contribution is -2.82. The van der Waals surface area contributed by atoms with Crippen LogP contribution in [0.2, 0.25) is 0 Å². The summed E-state index contributed by atoms with van der Waals surface area (Å²) in [7, 11) is 0. The zero-order chi connectivity index (χ0) is 57.9. The summed E-state index contributed by atoms with van der Waals surface area (Å²) in [6.07, 6.45) is 0.550. The van der Waals surface area contributed by atoms with Crippen LogP contribution in [0.25, 0.3) is 0 Å². The number of Topliss-reactive ketones (excluding diaryl/α,β-unsaturated/α-hetero) is 1. The molecule has 16 nitrogen and oxygen atoms in total. The van der Waals surface area contributed by atoms with E-state index in [-0.39, 0.29) is 35.3 Å². The molecule has 3 aromatic rings. The number of ketones is 1. The predicted molar refractivity (Wildman–Crippen MR) is 297 cm³/mol. The lowest BCUT2D eigenvalue weighted by molar-refractivity contribution is -0.929. The van der Waals surface area contributed by atoms with Crippen LogP contribution < -0.4 is 5.32 Å². The van der Waals surface area contributed by atoms with Crippen molar-refractivity contribution in [3.05, 3.63) is 119 Å². The molecule has 0 unspecified atom stereocenters. The van der Waals surface area contributed by atoms with Crippen LogP contribution >= 0.6 is 0 Å². The minimum absolute atomic E-state index is 0.00289. The van der Waals surface area contributed by atoms with Crippen LogP contribution in [-0.4, -0.2) is 136 Å². The first kappa shape index (κ1) is 62.4. The van der Waals surface area contributed by atoms with E-state index >= 15 is 4.79 Å². The average Bonchev–Trinajstić information content (AvgIpc) is 1.87. The number of rotatable bonds is 22. The van der Waals surface area contributed by atoms with E-state index in [1.54, 1.807) is 92.7 Å². The van der Waals surface area contributed by atoms with Crippen molar-refractivity contribution < 1.29 is 72.3 Å². The number of nitrogens with one attached hydrogen (secondary N) is 1. The molecule has 11 atom stereocenters. The fraction of sp³-hybridized carbons (Fsp3) is 0.587. The van der Waals surface area contributed by atoms with Crippen LogP contribution in [0.1, 0.15) is 166 Å². The number of ether oxygens (including phenoxy) is 5. The lowest BCUT2D eigenvalue weighted by atomic mass is 9.44. The summed E-state index contributed by atoms with van der Waals surface area (Å²) in [5.41, 5.74) is -7.02. The minimum atomic E-state index is -2.39. The molecule has 1 saturated heterocycles. The number of esters is 4. The van der Waals surface area contributed by atoms with Crippen molar-refractivity contribution in [2.75, 3.05) is 32.8 Å². The number of hydrogen-bond acceptors (Lipinski definition) is 14. The van der Waals surface area contributed by atoms with Gasteiger partial charge in [-0.3, -0.25) is 19.2 Å². The number of aliphatic hydroxyl groups excluding tert-OH is 2. The van der Waals surface area contributed by atoms with Gasteiger partial charge in [-0.1, -0.05) is 134 Å². The highest BCUT2D eigenvalue weighted by Gasteiger charge is 2.78. The van der Waals surface area contributed by atoms with Gasteiger partial charge in [0.05, 0.1) is 61.8 Å². The summed E-state index contributed by atoms with van der Waals surface area (Å²) >= 11 is 0. The molecular formula is C63H87N2O14+. The van der Waals surface area contributed by atoms with Crippen molar-refractivity contribution in [2.24, 2.45) is 16.7 Å². The Morgan fingerprint density at radius 1 is 0.734 bits per heavy atom. The van der Waals surface area contributed by atoms with Crippen molar-refractivity contribution >= 4 is 35.6 Å². The van der Waals surface area contributed by atoms with Gasteiger partial charge in [0, 0.05) is 37.7 Å². The highest BCUT2D eigenvalue weighted by molar-refractivity contribution is 5.96. The van der Waals surface area contributed by atoms with Gasteiger partial charge >= 0.3 is 23.9 Å². The van der Waals surface area contributed by atoms with Crippen molar-refractivity contribution in [2.45, 2.75) is 187 Å². The molecule has 2 bridgehead atoms. The zero-order valence-electron chi connectivity index (χ0n) is 48.2. The van der Waals surface area contributed by atoms with Crippen LogP contribution in [0.4, 0.5) is 0 Å². The van der Waals surface area contributed by atoms with Gasteiger partial charge in [0.2, 0.25) is 0 Å². The Hall–Kier alpha value is -5.78. The Morgan fingerprint density at radius 3 is 1.71 bits per heavy atom. The van der Waals surface area contributed by atoms with Gasteiger partial charge in [-0.25, -0.2) is 9.59 Å². The average molecular weight is 1100 g/mol. The summed E-state index contributed by atoms with van der Waals surface area (Å²) in [4.78, 5) is 83.5. The van der Waals surface area contributed by atoms with E-state index in [1.807, 2.05) is 0 Å². The number of nitrogens with zero attached hydrogens (tertiary/aromatic N) is 1. The molecule has 1 aliphatic heterocycles. The maximum atomic E-state index is 15.5. The molecule has 4 N–H and O–H groups in total. The molecule has 3 aliphatic carbocycles. The molecule has 79 heavy (non-hydrogen) atoms. The first-order valence-electron chi connectivity index (χ1n) is 28.6. The summed E-state index contributed by atoms with van der Waals surface area (Å²) in [6.45, 7) is 23.0. The largest absolute Gasteiger partial charge is 0.456 e. The number of unbranched alkanes of at least 4 members (excludes halogenated alkanes) is 4. The van der Waals surface area contributed by atoms with Crippen LogP contribution in [0.5, 0.6) is 0 Å². The van der Waals surface area contributed by atoms with Gasteiger partial charge in [0.1, 0.15) is 23.9 Å². The molecule has 1 heterocycles. The standard InChI is InChI=1S/C47H51NO14.C16H36N/c1-25-31(60-43(56)36(52)35(28-16-10-7-11-17-28)48-41(54)29-18-12-8-13-19-29)23-47(57)40(61-42(55)30-20-14-9-15-21-30)38-45(6,32(51)22-33-46(38,24-58-33)62-27(3)50)39(53)37(59-26(2)49)34(25)44(47,4)5;1-5-9-13-17(14-10-6-2,15-11-7-3)16-12-8-4/h7-21,31-33,35-38,40,51-52,57H,22-24H2,1-6H3,(H,48,54);5-16H2,1-4H3/q;+1/t31-,32-,33+,35-,36+,37+,38-,40-,45+,46-,47+;/m0./s1. The maximum Gasteiger partial charge on any atom is 0.338 e. The van der Waals surface area contributed by atoms with Gasteiger partial charge in [-0.15, -0.1) is 0 Å². The number of quaternary nitrogens is 1. The van der Waals surface area contributed by atoms with E-state index in [9.17, 15) is 39.3 Å². The normalized spacial score (nSPS) is 27.6. The third-order valence-electron chi connectivity index (χ3n) is 17.4. The first-order valence-corrected chi connectivity index (χ1v) is 28.6. The number of hydrogen-bond donors (Lipinski definition) is 4. The number of carbonyl (C=O) groups is 6. The Balaban J connectivity index is 0.000000511. The van der Waals surface area contributed by atoms with Crippen LogP contribution in [0.3, 0.4) is 0 Å². The molecule has 4 aliphatic rings. The summed E-state index contributed by atoms with van der Waals surface area (Å²) in [6, 6.07) is 22.9. The molecule has 3 fully saturated rings. The van der Waals surface area contributed by atoms with Crippen LogP contribution in [-0.2, 0) is 42.9 Å². The fourth-order valence-electron chi connectivity index (χ4n) is 12.8. The van der Waals surface area contributed by atoms with E-state index in [4.69, 9.17) is 23.7 Å². The second kappa shape index (κ2) is 26.7. The molecular weight excluding hydrogens is 1010 g/mol. The molecule has 0 radical (unpaired) electrons. The molecule has 3 aromatic carbocycles. The monoisotopic (exact) mass is 1100 g/mol. The topological polar surface area (TPSA) is 221 Å². The van der Waals surface area contributed by atoms with E-state index in [1.165, 1.54) is 108 Å². The van der Waals surface area contributed by atoms with Crippen LogP contribution in [0, 0.1) is 16.7 Å². The van der Waals surface area contributed by atoms with Gasteiger partial charge < -0.3 is 48.8 Å². The molecule has 2 saturated carbocycles. The smallest absolute Gasteiger partial charge is 0.338 e. The van der Waals surface area contributed by atoms with E-state index in [2.05, 4.69) is 33.0 Å². The van der Waals surface area contributed by atoms with E-state index in [0.29, 0.717) is 5.56 Å². The van der Waals surface area contributed by atoms with Crippen molar-refractivity contribution in [3.63, 3.8) is 0 Å². The summed E-state index contributed by atoms with van der Waals surface area (Å²) < 4.78 is 31.7. The molecule has 16 heteroatoms. The minimum Gasteiger partial charge on any atom is -0.456 e. The van der Waals surface area contributed by atoms with Gasteiger partial charge in [-0.2, -0.15) is 0 Å². The van der Waals surface area contributed by atoms with Crippen molar-refractivity contribution in [1.82, 2.24) is 5.32 Å². The van der Waals surface area contributed by atoms with Gasteiger partial charge in [-0.05, 0) is 80.5 Å². The first-order chi connectivity index (χ1) is 37.5. The van der Waals surface area contributed by atoms with Crippen LogP contribution in [0.15, 0.2) is 102 Å². The predicted octanol–water partition coefficient (Wildman–Crippen LogP) is 8.74. The maximum absolute atomic E-state index is 15.5. The highest BCUT2D eigenvalue weighted by atomic mass is 16.6. The Kier molecular flexibility index (Phi) is 21.1. The Morgan fingerprint density at radius 2 is 1.24 bits per heavy atom. The Labute approximate surface area is 467 Å². The Bertz CT molecular complexity index is 2570. The molecule has 7 rings (SSSR count). The number of aliphatic hydroxyl groups is 3. The quantitative estimate of drug-likeness (QED) is 0.0320. The van der Waals surface area contributed by atoms with Gasteiger partial charge in [0.15, 0.2) is 23.6 Å². The third kappa shape index (κ3) is 13.0. The van der Waals surface area contributed by atoms with Crippen molar-refractivity contribution in [1.29, 1.82) is 0 Å². The molecule has 432 valence electrons. The fourth-order valence-corrected chi connectivity index (χ4v) is 12.8. The number of benzene rings is 3. The highest BCUT2D eigenvalue weighted by Crippen LogP contribution is 2.64. The summed E-state index contributed by atoms with van der Waals surface area (Å²) in [5.74, 6) is -6.84.